The Hall–Kier alpha value is -1.87. The maximum absolute atomic E-state index is 12.3. The minimum absolute atomic E-state index is 0.0868. The molecule has 0 heterocycles. The Labute approximate surface area is 125 Å². The van der Waals surface area contributed by atoms with E-state index in [1.54, 1.807) is 0 Å². The first-order chi connectivity index (χ1) is 10.2. The molecule has 1 fully saturated rings. The largest absolute Gasteiger partial charge is 0.352 e. The van der Waals surface area contributed by atoms with E-state index in [0.717, 1.165) is 25.7 Å². The van der Waals surface area contributed by atoms with E-state index in [4.69, 9.17) is 5.73 Å². The molecule has 2 atom stereocenters. The fraction of sp³-hybridized carbons (Fsp3) is 0.389. The molecule has 2 aromatic rings. The van der Waals surface area contributed by atoms with E-state index >= 15 is 0 Å². The van der Waals surface area contributed by atoms with Crippen molar-refractivity contribution >= 4 is 16.7 Å². The second-order valence-electron chi connectivity index (χ2n) is 5.98. The van der Waals surface area contributed by atoms with Crippen LogP contribution in [0, 0.1) is 5.92 Å². The third kappa shape index (κ3) is 3.24. The van der Waals surface area contributed by atoms with Gasteiger partial charge in [-0.05, 0) is 35.6 Å². The summed E-state index contributed by atoms with van der Waals surface area (Å²) in [5, 5.41) is 5.51. The van der Waals surface area contributed by atoms with E-state index < -0.39 is 0 Å². The molecule has 0 bridgehead atoms. The van der Waals surface area contributed by atoms with Crippen LogP contribution in [0.25, 0.3) is 10.8 Å². The lowest BCUT2D eigenvalue weighted by molar-refractivity contribution is -0.126. The van der Waals surface area contributed by atoms with Gasteiger partial charge in [0, 0.05) is 18.5 Å². The lowest BCUT2D eigenvalue weighted by Gasteiger charge is -2.25. The van der Waals surface area contributed by atoms with E-state index in [1.807, 2.05) is 18.2 Å². The number of nitrogens with one attached hydrogen (secondary N) is 1. The van der Waals surface area contributed by atoms with Crippen LogP contribution in [0.2, 0.25) is 0 Å². The van der Waals surface area contributed by atoms with Crippen molar-refractivity contribution < 1.29 is 4.79 Å². The SMILES string of the molecule is NC1CCCC(C(=O)NCc2cccc3ccccc23)C1. The number of carbonyl (C=O) groups excluding carboxylic acids is 1. The molecule has 0 aromatic heterocycles. The summed E-state index contributed by atoms with van der Waals surface area (Å²) in [5.41, 5.74) is 7.13. The first-order valence-electron chi connectivity index (χ1n) is 7.74. The second-order valence-corrected chi connectivity index (χ2v) is 5.98. The Morgan fingerprint density at radius 3 is 2.81 bits per heavy atom. The van der Waals surface area contributed by atoms with Gasteiger partial charge in [0.25, 0.3) is 0 Å². The molecule has 21 heavy (non-hydrogen) atoms. The van der Waals surface area contributed by atoms with E-state index in [1.165, 1.54) is 16.3 Å². The molecule has 110 valence electrons. The Morgan fingerprint density at radius 1 is 1.14 bits per heavy atom. The minimum Gasteiger partial charge on any atom is -0.352 e. The maximum Gasteiger partial charge on any atom is 0.223 e. The van der Waals surface area contributed by atoms with Crippen LogP contribution in [0.4, 0.5) is 0 Å². The molecule has 1 amide bonds. The van der Waals surface area contributed by atoms with Crippen molar-refractivity contribution in [3.8, 4) is 0 Å². The molecule has 1 aliphatic rings. The molecule has 1 saturated carbocycles. The fourth-order valence-corrected chi connectivity index (χ4v) is 3.24. The number of hydrogen-bond donors (Lipinski definition) is 2. The molecule has 0 spiro atoms. The standard InChI is InChI=1S/C18H22N2O/c19-16-9-4-7-14(11-16)18(21)20-12-15-8-3-6-13-5-1-2-10-17(13)15/h1-3,5-6,8,10,14,16H,4,7,9,11-12,19H2,(H,20,21). The highest BCUT2D eigenvalue weighted by atomic mass is 16.1. The van der Waals surface area contributed by atoms with E-state index in [2.05, 4.69) is 29.6 Å². The summed E-state index contributed by atoms with van der Waals surface area (Å²) in [6, 6.07) is 14.7. The average Bonchev–Trinajstić information content (AvgIpc) is 2.52. The molecule has 3 heteroatoms. The highest BCUT2D eigenvalue weighted by Crippen LogP contribution is 2.23. The fourth-order valence-electron chi connectivity index (χ4n) is 3.24. The minimum atomic E-state index is 0.0868. The van der Waals surface area contributed by atoms with Crippen molar-refractivity contribution in [3.05, 3.63) is 48.0 Å². The summed E-state index contributed by atoms with van der Waals surface area (Å²) in [6.07, 6.45) is 3.90. The summed E-state index contributed by atoms with van der Waals surface area (Å²) in [5.74, 6) is 0.238. The van der Waals surface area contributed by atoms with Gasteiger partial charge >= 0.3 is 0 Å². The van der Waals surface area contributed by atoms with Crippen molar-refractivity contribution in [3.63, 3.8) is 0 Å². The molecule has 2 unspecified atom stereocenters. The number of nitrogens with two attached hydrogens (primary N) is 1. The van der Waals surface area contributed by atoms with Gasteiger partial charge in [-0.25, -0.2) is 0 Å². The normalized spacial score (nSPS) is 22.1. The lowest BCUT2D eigenvalue weighted by atomic mass is 9.85. The highest BCUT2D eigenvalue weighted by molar-refractivity contribution is 5.86. The maximum atomic E-state index is 12.3. The molecule has 3 N–H and O–H groups in total. The Balaban J connectivity index is 1.67. The average molecular weight is 282 g/mol. The van der Waals surface area contributed by atoms with Crippen molar-refractivity contribution in [1.29, 1.82) is 0 Å². The smallest absolute Gasteiger partial charge is 0.223 e. The summed E-state index contributed by atoms with van der Waals surface area (Å²) in [4.78, 5) is 12.3. The molecule has 0 saturated heterocycles. The van der Waals surface area contributed by atoms with E-state index in [9.17, 15) is 4.79 Å². The second kappa shape index (κ2) is 6.27. The first-order valence-corrected chi connectivity index (χ1v) is 7.74. The molecular weight excluding hydrogens is 260 g/mol. The zero-order chi connectivity index (χ0) is 14.7. The Bertz CT molecular complexity index is 633. The van der Waals surface area contributed by atoms with Gasteiger partial charge in [-0.15, -0.1) is 0 Å². The van der Waals surface area contributed by atoms with Gasteiger partial charge in [0.1, 0.15) is 0 Å². The Kier molecular flexibility index (Phi) is 4.20. The van der Waals surface area contributed by atoms with Crippen molar-refractivity contribution in [2.75, 3.05) is 0 Å². The number of hydrogen-bond acceptors (Lipinski definition) is 2. The molecule has 0 radical (unpaired) electrons. The van der Waals surface area contributed by atoms with Crippen LogP contribution < -0.4 is 11.1 Å². The van der Waals surface area contributed by atoms with Gasteiger partial charge < -0.3 is 11.1 Å². The number of fused-ring (bicyclic) bond motifs is 1. The monoisotopic (exact) mass is 282 g/mol. The number of carbonyl (C=O) groups is 1. The van der Waals surface area contributed by atoms with Gasteiger partial charge in [-0.2, -0.15) is 0 Å². The zero-order valence-electron chi connectivity index (χ0n) is 12.2. The quantitative estimate of drug-likeness (QED) is 0.909. The third-order valence-corrected chi connectivity index (χ3v) is 4.42. The van der Waals surface area contributed by atoms with Crippen LogP contribution in [0.3, 0.4) is 0 Å². The van der Waals surface area contributed by atoms with Gasteiger partial charge in [-0.3, -0.25) is 4.79 Å². The summed E-state index contributed by atoms with van der Waals surface area (Å²) in [6.45, 7) is 0.589. The molecule has 3 rings (SSSR count). The van der Waals surface area contributed by atoms with Crippen LogP contribution in [-0.2, 0) is 11.3 Å². The van der Waals surface area contributed by atoms with Gasteiger partial charge in [0.2, 0.25) is 5.91 Å². The Morgan fingerprint density at radius 2 is 1.95 bits per heavy atom. The summed E-state index contributed by atoms with van der Waals surface area (Å²) < 4.78 is 0. The lowest BCUT2D eigenvalue weighted by Crippen LogP contribution is -2.37. The van der Waals surface area contributed by atoms with Crippen molar-refractivity contribution in [2.45, 2.75) is 38.3 Å². The van der Waals surface area contributed by atoms with Crippen LogP contribution >= 0.6 is 0 Å². The third-order valence-electron chi connectivity index (χ3n) is 4.42. The summed E-state index contributed by atoms with van der Waals surface area (Å²) >= 11 is 0. The van der Waals surface area contributed by atoms with Crippen LogP contribution in [0.15, 0.2) is 42.5 Å². The molecule has 1 aliphatic carbocycles. The molecule has 0 aliphatic heterocycles. The highest BCUT2D eigenvalue weighted by Gasteiger charge is 2.24. The van der Waals surface area contributed by atoms with E-state index in [0.29, 0.717) is 6.54 Å². The number of amides is 1. The predicted octanol–water partition coefficient (Wildman–Crippen LogP) is 2.97. The van der Waals surface area contributed by atoms with Crippen LogP contribution in [-0.4, -0.2) is 11.9 Å². The van der Waals surface area contributed by atoms with Crippen molar-refractivity contribution in [2.24, 2.45) is 11.7 Å². The number of benzene rings is 2. The van der Waals surface area contributed by atoms with Gasteiger partial charge in [0.05, 0.1) is 0 Å². The molecule has 2 aromatic carbocycles. The number of rotatable bonds is 3. The van der Waals surface area contributed by atoms with Crippen LogP contribution in [0.1, 0.15) is 31.2 Å². The van der Waals surface area contributed by atoms with Crippen molar-refractivity contribution in [1.82, 2.24) is 5.32 Å². The molecule has 3 nitrogen and oxygen atoms in total. The van der Waals surface area contributed by atoms with E-state index in [-0.39, 0.29) is 17.9 Å². The zero-order valence-corrected chi connectivity index (χ0v) is 12.2. The molecular formula is C18H22N2O. The van der Waals surface area contributed by atoms with Crippen LogP contribution in [0.5, 0.6) is 0 Å². The topological polar surface area (TPSA) is 55.1 Å². The van der Waals surface area contributed by atoms with Gasteiger partial charge in [0.15, 0.2) is 0 Å². The predicted molar refractivity (Wildman–Crippen MR) is 85.7 cm³/mol. The summed E-state index contributed by atoms with van der Waals surface area (Å²) in [7, 11) is 0. The first kappa shape index (κ1) is 14.1. The van der Waals surface area contributed by atoms with Gasteiger partial charge in [-0.1, -0.05) is 48.9 Å².